The molecular weight excluding hydrogens is 242 g/mol. The lowest BCUT2D eigenvalue weighted by Crippen LogP contribution is -1.87. The van der Waals surface area contributed by atoms with Gasteiger partial charge in [0.1, 0.15) is 5.52 Å². The van der Waals surface area contributed by atoms with Gasteiger partial charge in [0, 0.05) is 17.0 Å². The zero-order valence-electron chi connectivity index (χ0n) is 8.47. The summed E-state index contributed by atoms with van der Waals surface area (Å²) in [7, 11) is 0. The van der Waals surface area contributed by atoms with Gasteiger partial charge in [0.05, 0.1) is 0 Å². The molecular formula is C11H12BrNO. The normalized spacial score (nSPS) is 11.5. The van der Waals surface area contributed by atoms with E-state index in [1.807, 2.05) is 13.0 Å². The molecule has 2 aromatic rings. The largest absolute Gasteiger partial charge is 0.441 e. The van der Waals surface area contributed by atoms with Crippen LogP contribution in [0, 0.1) is 6.92 Å². The van der Waals surface area contributed by atoms with Crippen LogP contribution in [0.25, 0.3) is 11.1 Å². The van der Waals surface area contributed by atoms with Crippen LogP contribution in [0.15, 0.2) is 21.0 Å². The Morgan fingerprint density at radius 1 is 1.36 bits per heavy atom. The van der Waals surface area contributed by atoms with Crippen molar-refractivity contribution in [1.29, 1.82) is 0 Å². The molecule has 3 heteroatoms. The number of hydrogen-bond acceptors (Lipinski definition) is 2. The number of aromatic nitrogens is 1. The second-order valence-electron chi connectivity index (χ2n) is 3.73. The van der Waals surface area contributed by atoms with Crippen LogP contribution in [0.1, 0.15) is 31.2 Å². The van der Waals surface area contributed by atoms with Crippen LogP contribution in [-0.2, 0) is 0 Å². The van der Waals surface area contributed by atoms with Gasteiger partial charge in [0.25, 0.3) is 0 Å². The van der Waals surface area contributed by atoms with E-state index in [0.717, 1.165) is 21.5 Å². The molecule has 1 aromatic heterocycles. The van der Waals surface area contributed by atoms with E-state index in [4.69, 9.17) is 4.42 Å². The molecule has 0 spiro atoms. The molecule has 1 heterocycles. The lowest BCUT2D eigenvalue weighted by Gasteiger charge is -2.05. The van der Waals surface area contributed by atoms with Crippen LogP contribution < -0.4 is 0 Å². The fraction of sp³-hybridized carbons (Fsp3) is 0.364. The summed E-state index contributed by atoms with van der Waals surface area (Å²) in [5.41, 5.74) is 3.05. The first-order valence-corrected chi connectivity index (χ1v) is 5.44. The van der Waals surface area contributed by atoms with Crippen molar-refractivity contribution in [3.63, 3.8) is 0 Å². The number of aryl methyl sites for hydroxylation is 1. The molecule has 0 N–H and O–H groups in total. The predicted octanol–water partition coefficient (Wildman–Crippen LogP) is 4.02. The van der Waals surface area contributed by atoms with Gasteiger partial charge in [-0.1, -0.05) is 29.8 Å². The minimum Gasteiger partial charge on any atom is -0.441 e. The lowest BCUT2D eigenvalue weighted by molar-refractivity contribution is 0.555. The first kappa shape index (κ1) is 9.71. The summed E-state index contributed by atoms with van der Waals surface area (Å²) < 4.78 is 6.64. The Balaban J connectivity index is 2.79. The Labute approximate surface area is 91.5 Å². The van der Waals surface area contributed by atoms with Crippen molar-refractivity contribution < 1.29 is 4.42 Å². The van der Waals surface area contributed by atoms with Gasteiger partial charge in [0.15, 0.2) is 11.5 Å². The summed E-state index contributed by atoms with van der Waals surface area (Å²) in [6.45, 7) is 6.18. The summed E-state index contributed by atoms with van der Waals surface area (Å²) in [6.07, 6.45) is 0. The van der Waals surface area contributed by atoms with E-state index in [1.165, 1.54) is 5.56 Å². The fourth-order valence-corrected chi connectivity index (χ4v) is 2.03. The molecule has 2 rings (SSSR count). The third-order valence-corrected chi connectivity index (χ3v) is 2.67. The second-order valence-corrected chi connectivity index (χ2v) is 4.65. The van der Waals surface area contributed by atoms with Crippen LogP contribution in [0.5, 0.6) is 0 Å². The van der Waals surface area contributed by atoms with Gasteiger partial charge in [-0.05, 0) is 18.1 Å². The van der Waals surface area contributed by atoms with E-state index in [-0.39, 0.29) is 0 Å². The van der Waals surface area contributed by atoms with E-state index < -0.39 is 0 Å². The molecule has 2 nitrogen and oxygen atoms in total. The van der Waals surface area contributed by atoms with Gasteiger partial charge in [-0.3, -0.25) is 0 Å². The molecule has 14 heavy (non-hydrogen) atoms. The molecule has 0 bridgehead atoms. The first-order valence-electron chi connectivity index (χ1n) is 4.64. The molecule has 0 radical (unpaired) electrons. The van der Waals surface area contributed by atoms with Crippen molar-refractivity contribution >= 4 is 27.0 Å². The average Bonchev–Trinajstić information content (AvgIpc) is 2.42. The Bertz CT molecular complexity index is 473. The van der Waals surface area contributed by atoms with E-state index in [2.05, 4.69) is 40.8 Å². The minimum absolute atomic E-state index is 0.447. The molecule has 0 saturated carbocycles. The maximum Gasteiger partial charge on any atom is 0.192 e. The van der Waals surface area contributed by atoms with Crippen LogP contribution >= 0.6 is 15.9 Å². The highest BCUT2D eigenvalue weighted by Gasteiger charge is 2.11. The van der Waals surface area contributed by atoms with Crippen LogP contribution in [0.4, 0.5) is 0 Å². The van der Waals surface area contributed by atoms with E-state index in [0.29, 0.717) is 5.92 Å². The zero-order chi connectivity index (χ0) is 10.3. The number of halogens is 1. The Morgan fingerprint density at radius 2 is 2.07 bits per heavy atom. The number of oxazole rings is 1. The molecule has 0 amide bonds. The quantitative estimate of drug-likeness (QED) is 0.768. The van der Waals surface area contributed by atoms with Crippen molar-refractivity contribution in [3.05, 3.63) is 28.1 Å². The third-order valence-electron chi connectivity index (χ3n) is 2.21. The summed E-state index contributed by atoms with van der Waals surface area (Å²) in [5, 5.41) is 0. The zero-order valence-corrected chi connectivity index (χ0v) is 10.1. The summed E-state index contributed by atoms with van der Waals surface area (Å²) in [5.74, 6) is 1.17. The molecule has 0 aliphatic rings. The topological polar surface area (TPSA) is 26.0 Å². The number of nitrogens with zero attached hydrogens (tertiary/aromatic N) is 1. The van der Waals surface area contributed by atoms with Crippen molar-refractivity contribution in [2.75, 3.05) is 0 Å². The Morgan fingerprint density at radius 3 is 2.71 bits per heavy atom. The van der Waals surface area contributed by atoms with Gasteiger partial charge in [-0.2, -0.15) is 0 Å². The van der Waals surface area contributed by atoms with Crippen molar-refractivity contribution in [2.45, 2.75) is 26.7 Å². The highest BCUT2D eigenvalue weighted by molar-refractivity contribution is 9.10. The Kier molecular flexibility index (Phi) is 2.35. The van der Waals surface area contributed by atoms with E-state index >= 15 is 0 Å². The number of benzene rings is 1. The summed E-state index contributed by atoms with van der Waals surface area (Å²) in [4.78, 5) is 4.32. The Hall–Kier alpha value is -0.830. The number of fused-ring (bicyclic) bond motifs is 1. The highest BCUT2D eigenvalue weighted by atomic mass is 79.9. The molecule has 0 atom stereocenters. The van der Waals surface area contributed by atoms with Crippen LogP contribution in [0.2, 0.25) is 0 Å². The third kappa shape index (κ3) is 1.57. The molecule has 0 aliphatic heterocycles. The monoisotopic (exact) mass is 253 g/mol. The molecule has 0 fully saturated rings. The van der Waals surface area contributed by atoms with Gasteiger partial charge in [0.2, 0.25) is 0 Å². The molecule has 0 saturated heterocycles. The highest BCUT2D eigenvalue weighted by Crippen LogP contribution is 2.29. The van der Waals surface area contributed by atoms with E-state index in [1.54, 1.807) is 0 Å². The molecule has 0 aliphatic carbocycles. The van der Waals surface area contributed by atoms with Gasteiger partial charge < -0.3 is 4.42 Å². The van der Waals surface area contributed by atoms with Crippen molar-refractivity contribution in [2.24, 2.45) is 0 Å². The maximum absolute atomic E-state index is 5.58. The van der Waals surface area contributed by atoms with E-state index in [9.17, 15) is 0 Å². The first-order chi connectivity index (χ1) is 6.58. The van der Waals surface area contributed by atoms with Gasteiger partial charge in [-0.25, -0.2) is 4.98 Å². The predicted molar refractivity (Wildman–Crippen MR) is 60.5 cm³/mol. The van der Waals surface area contributed by atoms with Crippen molar-refractivity contribution in [1.82, 2.24) is 4.98 Å². The SMILES string of the molecule is Cc1nc2cc(Br)cc(C(C)C)c2o1. The van der Waals surface area contributed by atoms with Crippen LogP contribution in [-0.4, -0.2) is 4.98 Å². The lowest BCUT2D eigenvalue weighted by atomic mass is 10.0. The summed E-state index contributed by atoms with van der Waals surface area (Å²) in [6, 6.07) is 4.08. The molecule has 1 aromatic carbocycles. The van der Waals surface area contributed by atoms with Gasteiger partial charge >= 0.3 is 0 Å². The van der Waals surface area contributed by atoms with Gasteiger partial charge in [-0.15, -0.1) is 0 Å². The molecule has 0 unspecified atom stereocenters. The standard InChI is InChI=1S/C11H12BrNO/c1-6(2)9-4-8(12)5-10-11(9)14-7(3)13-10/h4-6H,1-3H3. The summed E-state index contributed by atoms with van der Waals surface area (Å²) >= 11 is 3.48. The minimum atomic E-state index is 0.447. The molecule has 74 valence electrons. The number of hydrogen-bond donors (Lipinski definition) is 0. The second kappa shape index (κ2) is 3.39. The fourth-order valence-electron chi connectivity index (χ4n) is 1.56. The number of rotatable bonds is 1. The maximum atomic E-state index is 5.58. The van der Waals surface area contributed by atoms with Crippen molar-refractivity contribution in [3.8, 4) is 0 Å². The van der Waals surface area contributed by atoms with Crippen LogP contribution in [0.3, 0.4) is 0 Å². The average molecular weight is 254 g/mol. The smallest absolute Gasteiger partial charge is 0.192 e.